The van der Waals surface area contributed by atoms with Crippen molar-refractivity contribution in [3.8, 4) is 0 Å². The highest BCUT2D eigenvalue weighted by Crippen LogP contribution is 2.18. The van der Waals surface area contributed by atoms with Crippen LogP contribution in [-0.2, 0) is 13.1 Å². The zero-order chi connectivity index (χ0) is 16.6. The van der Waals surface area contributed by atoms with Crippen LogP contribution in [0.3, 0.4) is 0 Å². The molecule has 0 atom stereocenters. The van der Waals surface area contributed by atoms with Crippen LogP contribution in [0.25, 0.3) is 0 Å². The van der Waals surface area contributed by atoms with Crippen molar-refractivity contribution in [1.82, 2.24) is 0 Å². The van der Waals surface area contributed by atoms with Crippen molar-refractivity contribution in [2.24, 2.45) is 4.99 Å². The average Bonchev–Trinajstić information content (AvgIpc) is 2.63. The van der Waals surface area contributed by atoms with Crippen LogP contribution < -0.4 is 5.32 Å². The standard InChI is InChI=1S/C21H19FN2/c22-20-12-7-13-21(24-15-18-10-5-2-6-11-18)19(20)16-23-14-17-8-3-1-4-9-17/h1-13,16,24H,14-15H2. The number of hydrogen-bond donors (Lipinski definition) is 1. The summed E-state index contributed by atoms with van der Waals surface area (Å²) >= 11 is 0. The second-order valence-corrected chi connectivity index (χ2v) is 5.50. The number of anilines is 1. The van der Waals surface area contributed by atoms with Crippen LogP contribution in [0.15, 0.2) is 83.9 Å². The highest BCUT2D eigenvalue weighted by Gasteiger charge is 2.06. The molecule has 0 aromatic heterocycles. The van der Waals surface area contributed by atoms with E-state index in [0.717, 1.165) is 16.8 Å². The number of aliphatic imine (C=N–C) groups is 1. The van der Waals surface area contributed by atoms with Crippen molar-refractivity contribution in [3.63, 3.8) is 0 Å². The smallest absolute Gasteiger partial charge is 0.134 e. The summed E-state index contributed by atoms with van der Waals surface area (Å²) in [6.45, 7) is 1.18. The number of nitrogens with zero attached hydrogens (tertiary/aromatic N) is 1. The summed E-state index contributed by atoms with van der Waals surface area (Å²) in [6.07, 6.45) is 1.61. The lowest BCUT2D eigenvalue weighted by molar-refractivity contribution is 0.626. The molecule has 24 heavy (non-hydrogen) atoms. The third kappa shape index (κ3) is 4.29. The first-order chi connectivity index (χ1) is 11.8. The Kier molecular flexibility index (Phi) is 5.36. The van der Waals surface area contributed by atoms with Gasteiger partial charge in [-0.1, -0.05) is 66.7 Å². The molecule has 0 unspecified atom stereocenters. The first-order valence-electron chi connectivity index (χ1n) is 7.93. The van der Waals surface area contributed by atoms with Crippen LogP contribution in [0.2, 0.25) is 0 Å². The minimum Gasteiger partial charge on any atom is -0.380 e. The molecule has 0 aliphatic rings. The summed E-state index contributed by atoms with van der Waals surface area (Å²) in [6, 6.07) is 25.0. The van der Waals surface area contributed by atoms with Crippen molar-refractivity contribution in [3.05, 3.63) is 101 Å². The van der Waals surface area contributed by atoms with Crippen molar-refractivity contribution in [2.75, 3.05) is 5.32 Å². The van der Waals surface area contributed by atoms with Crippen LogP contribution in [0.5, 0.6) is 0 Å². The Labute approximate surface area is 141 Å². The van der Waals surface area contributed by atoms with E-state index in [1.165, 1.54) is 6.07 Å². The van der Waals surface area contributed by atoms with Crippen LogP contribution >= 0.6 is 0 Å². The molecule has 1 N–H and O–H groups in total. The highest BCUT2D eigenvalue weighted by molar-refractivity contribution is 5.88. The predicted molar refractivity (Wildman–Crippen MR) is 97.9 cm³/mol. The van der Waals surface area contributed by atoms with Gasteiger partial charge >= 0.3 is 0 Å². The molecule has 2 nitrogen and oxygen atoms in total. The Morgan fingerprint density at radius 1 is 0.792 bits per heavy atom. The minimum absolute atomic E-state index is 0.273. The largest absolute Gasteiger partial charge is 0.380 e. The Hall–Kier alpha value is -2.94. The molecule has 0 aliphatic carbocycles. The van der Waals surface area contributed by atoms with Gasteiger partial charge in [0, 0.05) is 18.4 Å². The quantitative estimate of drug-likeness (QED) is 0.631. The molecule has 3 heteroatoms. The first-order valence-corrected chi connectivity index (χ1v) is 7.93. The molecule has 3 rings (SSSR count). The van der Waals surface area contributed by atoms with Crippen LogP contribution in [0, 0.1) is 5.82 Å². The molecule has 0 saturated heterocycles. The van der Waals surface area contributed by atoms with Crippen molar-refractivity contribution in [2.45, 2.75) is 13.1 Å². The summed E-state index contributed by atoms with van der Waals surface area (Å²) in [5.41, 5.74) is 3.48. The third-order valence-corrected chi connectivity index (χ3v) is 3.72. The Morgan fingerprint density at radius 2 is 1.46 bits per heavy atom. The van der Waals surface area contributed by atoms with Gasteiger partial charge < -0.3 is 5.32 Å². The summed E-state index contributed by atoms with van der Waals surface area (Å²) < 4.78 is 14.2. The summed E-state index contributed by atoms with van der Waals surface area (Å²) in [7, 11) is 0. The molecule has 0 fully saturated rings. The lowest BCUT2D eigenvalue weighted by Gasteiger charge is -2.10. The van der Waals surface area contributed by atoms with E-state index >= 15 is 0 Å². The molecular formula is C21H19FN2. The van der Waals surface area contributed by atoms with Gasteiger partial charge in [0.15, 0.2) is 0 Å². The Bertz CT molecular complexity index is 799. The summed E-state index contributed by atoms with van der Waals surface area (Å²) in [5.74, 6) is -0.273. The van der Waals surface area contributed by atoms with E-state index in [2.05, 4.69) is 10.3 Å². The van der Waals surface area contributed by atoms with Gasteiger partial charge in [-0.25, -0.2) is 4.39 Å². The first kappa shape index (κ1) is 15.9. The maximum absolute atomic E-state index is 14.2. The fraction of sp³-hybridized carbons (Fsp3) is 0.0952. The van der Waals surface area contributed by atoms with E-state index in [0.29, 0.717) is 18.7 Å². The van der Waals surface area contributed by atoms with Gasteiger partial charge in [-0.2, -0.15) is 0 Å². The molecule has 3 aromatic rings. The summed E-state index contributed by atoms with van der Waals surface area (Å²) in [4.78, 5) is 4.38. The van der Waals surface area contributed by atoms with Crippen LogP contribution in [0.1, 0.15) is 16.7 Å². The van der Waals surface area contributed by atoms with Crippen molar-refractivity contribution in [1.29, 1.82) is 0 Å². The number of hydrogen-bond acceptors (Lipinski definition) is 2. The molecule has 0 heterocycles. The van der Waals surface area contributed by atoms with Crippen LogP contribution in [-0.4, -0.2) is 6.21 Å². The Morgan fingerprint density at radius 3 is 2.17 bits per heavy atom. The van der Waals surface area contributed by atoms with E-state index < -0.39 is 0 Å². The van der Waals surface area contributed by atoms with E-state index in [1.54, 1.807) is 12.3 Å². The molecule has 0 bridgehead atoms. The van der Waals surface area contributed by atoms with Crippen molar-refractivity contribution >= 4 is 11.9 Å². The zero-order valence-electron chi connectivity index (χ0n) is 13.3. The molecular weight excluding hydrogens is 299 g/mol. The molecule has 3 aromatic carbocycles. The molecule has 0 amide bonds. The van der Waals surface area contributed by atoms with Gasteiger partial charge in [0.25, 0.3) is 0 Å². The van der Waals surface area contributed by atoms with E-state index in [1.807, 2.05) is 66.7 Å². The molecule has 0 radical (unpaired) electrons. The van der Waals surface area contributed by atoms with Gasteiger partial charge in [0.05, 0.1) is 12.1 Å². The number of rotatable bonds is 6. The van der Waals surface area contributed by atoms with E-state index in [9.17, 15) is 4.39 Å². The number of benzene rings is 3. The second kappa shape index (κ2) is 8.06. The highest BCUT2D eigenvalue weighted by atomic mass is 19.1. The van der Waals surface area contributed by atoms with Gasteiger partial charge in [-0.05, 0) is 23.3 Å². The predicted octanol–water partition coefficient (Wildman–Crippen LogP) is 5.06. The van der Waals surface area contributed by atoms with E-state index in [4.69, 9.17) is 0 Å². The minimum atomic E-state index is -0.273. The average molecular weight is 318 g/mol. The monoisotopic (exact) mass is 318 g/mol. The van der Waals surface area contributed by atoms with E-state index in [-0.39, 0.29) is 5.82 Å². The maximum atomic E-state index is 14.2. The van der Waals surface area contributed by atoms with Gasteiger partial charge in [-0.3, -0.25) is 4.99 Å². The fourth-order valence-electron chi connectivity index (χ4n) is 2.44. The van der Waals surface area contributed by atoms with Gasteiger partial charge in [-0.15, -0.1) is 0 Å². The molecule has 0 saturated carbocycles. The normalized spacial score (nSPS) is 10.9. The van der Waals surface area contributed by atoms with Gasteiger partial charge in [0.1, 0.15) is 5.82 Å². The van der Waals surface area contributed by atoms with Gasteiger partial charge in [0.2, 0.25) is 0 Å². The fourth-order valence-corrected chi connectivity index (χ4v) is 2.44. The molecule has 120 valence electrons. The molecule has 0 aliphatic heterocycles. The Balaban J connectivity index is 1.72. The topological polar surface area (TPSA) is 24.4 Å². The summed E-state index contributed by atoms with van der Waals surface area (Å²) in [5, 5.41) is 3.29. The van der Waals surface area contributed by atoms with Crippen LogP contribution in [0.4, 0.5) is 10.1 Å². The lowest BCUT2D eigenvalue weighted by Crippen LogP contribution is -2.04. The number of nitrogens with one attached hydrogen (secondary N) is 1. The van der Waals surface area contributed by atoms with Crippen molar-refractivity contribution < 1.29 is 4.39 Å². The third-order valence-electron chi connectivity index (χ3n) is 3.72. The SMILES string of the molecule is Fc1cccc(NCc2ccccc2)c1C=NCc1ccccc1. The number of halogens is 1. The maximum Gasteiger partial charge on any atom is 0.134 e. The lowest BCUT2D eigenvalue weighted by atomic mass is 10.1. The second-order valence-electron chi connectivity index (χ2n) is 5.50. The zero-order valence-corrected chi connectivity index (χ0v) is 13.3. The molecule has 0 spiro atoms.